The number of benzene rings is 1. The SMILES string of the molecule is O=[N+]([O-])c1cc(Cl)ccc1N1CCN(Cc2ccc(Cl)s2)CC1. The van der Waals surface area contributed by atoms with E-state index in [1.54, 1.807) is 23.5 Å². The summed E-state index contributed by atoms with van der Waals surface area (Å²) in [6.07, 6.45) is 0. The van der Waals surface area contributed by atoms with Gasteiger partial charge < -0.3 is 4.90 Å². The molecule has 1 aromatic heterocycles. The van der Waals surface area contributed by atoms with Gasteiger partial charge in [-0.1, -0.05) is 23.2 Å². The monoisotopic (exact) mass is 371 g/mol. The van der Waals surface area contributed by atoms with E-state index in [0.717, 1.165) is 37.1 Å². The third kappa shape index (κ3) is 3.95. The molecule has 122 valence electrons. The second-order valence-electron chi connectivity index (χ2n) is 5.36. The van der Waals surface area contributed by atoms with Gasteiger partial charge in [-0.15, -0.1) is 11.3 Å². The fourth-order valence-corrected chi connectivity index (χ4v) is 4.01. The lowest BCUT2D eigenvalue weighted by atomic mass is 10.2. The first kappa shape index (κ1) is 16.5. The molecular weight excluding hydrogens is 357 g/mol. The van der Waals surface area contributed by atoms with E-state index < -0.39 is 0 Å². The Bertz CT molecular complexity index is 714. The van der Waals surface area contributed by atoms with E-state index >= 15 is 0 Å². The number of hydrogen-bond acceptors (Lipinski definition) is 5. The van der Waals surface area contributed by atoms with Gasteiger partial charge >= 0.3 is 0 Å². The molecule has 8 heteroatoms. The normalized spacial score (nSPS) is 15.8. The maximum Gasteiger partial charge on any atom is 0.294 e. The number of thiophene rings is 1. The highest BCUT2D eigenvalue weighted by Crippen LogP contribution is 2.32. The van der Waals surface area contributed by atoms with Crippen LogP contribution in [-0.4, -0.2) is 36.0 Å². The molecule has 5 nitrogen and oxygen atoms in total. The van der Waals surface area contributed by atoms with Gasteiger partial charge in [0, 0.05) is 48.7 Å². The van der Waals surface area contributed by atoms with Crippen LogP contribution >= 0.6 is 34.5 Å². The first-order chi connectivity index (χ1) is 11.0. The van der Waals surface area contributed by atoms with Crippen molar-refractivity contribution in [1.29, 1.82) is 0 Å². The van der Waals surface area contributed by atoms with Crippen molar-refractivity contribution < 1.29 is 4.92 Å². The van der Waals surface area contributed by atoms with Crippen molar-refractivity contribution in [2.45, 2.75) is 6.54 Å². The van der Waals surface area contributed by atoms with Crippen LogP contribution in [-0.2, 0) is 6.54 Å². The first-order valence-electron chi connectivity index (χ1n) is 7.18. The molecule has 1 saturated heterocycles. The number of anilines is 1. The molecule has 0 bridgehead atoms. The van der Waals surface area contributed by atoms with Crippen molar-refractivity contribution in [3.8, 4) is 0 Å². The van der Waals surface area contributed by atoms with Crippen LogP contribution in [0.2, 0.25) is 9.36 Å². The van der Waals surface area contributed by atoms with E-state index in [0.29, 0.717) is 10.7 Å². The minimum Gasteiger partial charge on any atom is -0.363 e. The number of nitrogens with zero attached hydrogens (tertiary/aromatic N) is 3. The molecular formula is C15H15Cl2N3O2S. The standard InChI is InChI=1S/C15H15Cl2N3O2S/c16-11-1-3-13(14(9-11)20(21)22)19-7-5-18(6-8-19)10-12-2-4-15(17)23-12/h1-4,9H,5-8,10H2. The molecule has 0 aliphatic carbocycles. The van der Waals surface area contributed by atoms with E-state index in [2.05, 4.69) is 4.90 Å². The summed E-state index contributed by atoms with van der Waals surface area (Å²) in [7, 11) is 0. The third-order valence-corrected chi connectivity index (χ3v) is 5.31. The Morgan fingerprint density at radius 3 is 2.48 bits per heavy atom. The lowest BCUT2D eigenvalue weighted by Gasteiger charge is -2.35. The van der Waals surface area contributed by atoms with E-state index in [1.807, 2.05) is 17.0 Å². The van der Waals surface area contributed by atoms with E-state index in [1.165, 1.54) is 10.9 Å². The number of nitro groups is 1. The minimum atomic E-state index is -0.374. The highest BCUT2D eigenvalue weighted by Gasteiger charge is 2.24. The molecule has 0 spiro atoms. The minimum absolute atomic E-state index is 0.0657. The van der Waals surface area contributed by atoms with Gasteiger partial charge in [-0.3, -0.25) is 15.0 Å². The second-order valence-corrected chi connectivity index (χ2v) is 7.60. The zero-order chi connectivity index (χ0) is 16.4. The van der Waals surface area contributed by atoms with Crippen LogP contribution in [0, 0.1) is 10.1 Å². The predicted molar refractivity (Wildman–Crippen MR) is 94.9 cm³/mol. The Balaban J connectivity index is 1.66. The summed E-state index contributed by atoms with van der Waals surface area (Å²) < 4.78 is 0.801. The molecule has 0 radical (unpaired) electrons. The molecule has 1 aliphatic rings. The molecule has 2 heterocycles. The van der Waals surface area contributed by atoms with Crippen molar-refractivity contribution in [3.05, 3.63) is 54.7 Å². The summed E-state index contributed by atoms with van der Waals surface area (Å²) in [5.41, 5.74) is 0.703. The molecule has 0 unspecified atom stereocenters. The molecule has 1 aromatic carbocycles. The van der Waals surface area contributed by atoms with Gasteiger partial charge in [0.1, 0.15) is 5.69 Å². The molecule has 23 heavy (non-hydrogen) atoms. The van der Waals surface area contributed by atoms with Gasteiger partial charge in [-0.25, -0.2) is 0 Å². The van der Waals surface area contributed by atoms with Gasteiger partial charge in [0.25, 0.3) is 5.69 Å². The van der Waals surface area contributed by atoms with Crippen molar-refractivity contribution in [1.82, 2.24) is 4.90 Å². The maximum atomic E-state index is 11.2. The first-order valence-corrected chi connectivity index (χ1v) is 8.75. The van der Waals surface area contributed by atoms with Gasteiger partial charge in [-0.05, 0) is 24.3 Å². The number of hydrogen-bond donors (Lipinski definition) is 0. The molecule has 0 atom stereocenters. The maximum absolute atomic E-state index is 11.2. The smallest absolute Gasteiger partial charge is 0.294 e. The fraction of sp³-hybridized carbons (Fsp3) is 0.333. The predicted octanol–water partition coefficient (Wildman–Crippen LogP) is 4.29. The molecule has 0 saturated carbocycles. The van der Waals surface area contributed by atoms with Crippen molar-refractivity contribution >= 4 is 45.9 Å². The summed E-state index contributed by atoms with van der Waals surface area (Å²) in [5, 5.41) is 11.6. The average molecular weight is 372 g/mol. The fourth-order valence-electron chi connectivity index (χ4n) is 2.71. The molecule has 0 amide bonds. The van der Waals surface area contributed by atoms with E-state index in [4.69, 9.17) is 23.2 Å². The number of nitro benzene ring substituents is 1. The topological polar surface area (TPSA) is 49.6 Å². The Hall–Kier alpha value is -1.34. The van der Waals surface area contributed by atoms with Crippen LogP contribution in [0.3, 0.4) is 0 Å². The van der Waals surface area contributed by atoms with Crippen molar-refractivity contribution in [2.24, 2.45) is 0 Å². The van der Waals surface area contributed by atoms with Gasteiger partial charge in [0.2, 0.25) is 0 Å². The number of rotatable bonds is 4. The Morgan fingerprint density at radius 1 is 1.13 bits per heavy atom. The van der Waals surface area contributed by atoms with Gasteiger partial charge in [0.05, 0.1) is 9.26 Å². The Labute approximate surface area is 148 Å². The van der Waals surface area contributed by atoms with Gasteiger partial charge in [-0.2, -0.15) is 0 Å². The Morgan fingerprint density at radius 2 is 1.87 bits per heavy atom. The van der Waals surface area contributed by atoms with Crippen molar-refractivity contribution in [2.75, 3.05) is 31.1 Å². The molecule has 3 rings (SSSR count). The summed E-state index contributed by atoms with van der Waals surface area (Å²) in [6.45, 7) is 4.09. The number of piperazine rings is 1. The van der Waals surface area contributed by atoms with Gasteiger partial charge in [0.15, 0.2) is 0 Å². The lowest BCUT2D eigenvalue weighted by Crippen LogP contribution is -2.46. The molecule has 2 aromatic rings. The summed E-state index contributed by atoms with van der Waals surface area (Å²) >= 11 is 13.4. The van der Waals surface area contributed by atoms with Crippen LogP contribution in [0.25, 0.3) is 0 Å². The lowest BCUT2D eigenvalue weighted by molar-refractivity contribution is -0.384. The molecule has 1 fully saturated rings. The zero-order valence-electron chi connectivity index (χ0n) is 12.2. The van der Waals surface area contributed by atoms with Crippen LogP contribution < -0.4 is 4.90 Å². The quantitative estimate of drug-likeness (QED) is 0.594. The highest BCUT2D eigenvalue weighted by atomic mass is 35.5. The van der Waals surface area contributed by atoms with Crippen LogP contribution in [0.5, 0.6) is 0 Å². The highest BCUT2D eigenvalue weighted by molar-refractivity contribution is 7.16. The summed E-state index contributed by atoms with van der Waals surface area (Å²) in [6, 6.07) is 8.80. The molecule has 1 aliphatic heterocycles. The summed E-state index contributed by atoms with van der Waals surface area (Å²) in [5.74, 6) is 0. The number of halogens is 2. The van der Waals surface area contributed by atoms with E-state index in [9.17, 15) is 10.1 Å². The van der Waals surface area contributed by atoms with Crippen LogP contribution in [0.15, 0.2) is 30.3 Å². The van der Waals surface area contributed by atoms with E-state index in [-0.39, 0.29) is 10.6 Å². The van der Waals surface area contributed by atoms with Crippen molar-refractivity contribution in [3.63, 3.8) is 0 Å². The third-order valence-electron chi connectivity index (χ3n) is 3.86. The average Bonchev–Trinajstić information content (AvgIpc) is 2.93. The largest absolute Gasteiger partial charge is 0.363 e. The van der Waals surface area contributed by atoms with Crippen LogP contribution in [0.1, 0.15) is 4.88 Å². The molecule has 0 N–H and O–H groups in total. The Kier molecular flexibility index (Phi) is 5.06. The zero-order valence-corrected chi connectivity index (χ0v) is 14.6. The second kappa shape index (κ2) is 7.05. The summed E-state index contributed by atoms with van der Waals surface area (Å²) in [4.78, 5) is 16.5. The van der Waals surface area contributed by atoms with Crippen LogP contribution in [0.4, 0.5) is 11.4 Å².